The van der Waals surface area contributed by atoms with Crippen molar-refractivity contribution in [3.05, 3.63) is 0 Å². The van der Waals surface area contributed by atoms with Crippen molar-refractivity contribution in [3.8, 4) is 0 Å². The molecule has 0 radical (unpaired) electrons. The SMILES string of the molecule is CC(OC(=O)NCC(C(=O)O)C1CCCCC1)OC(=O)C(C)C. The Balaban J connectivity index is 2.40. The Labute approximate surface area is 136 Å². The molecule has 7 heteroatoms. The maximum absolute atomic E-state index is 11.7. The van der Waals surface area contributed by atoms with Gasteiger partial charge in [-0.2, -0.15) is 0 Å². The number of carbonyl (C=O) groups is 3. The zero-order valence-electron chi connectivity index (χ0n) is 14.0. The molecule has 2 N–H and O–H groups in total. The summed E-state index contributed by atoms with van der Waals surface area (Å²) >= 11 is 0. The summed E-state index contributed by atoms with van der Waals surface area (Å²) in [5, 5.41) is 11.8. The minimum atomic E-state index is -1.01. The van der Waals surface area contributed by atoms with Gasteiger partial charge in [-0.05, 0) is 18.8 Å². The third kappa shape index (κ3) is 6.88. The first-order chi connectivity index (χ1) is 10.8. The largest absolute Gasteiger partial charge is 0.481 e. The lowest BCUT2D eigenvalue weighted by atomic mass is 9.80. The van der Waals surface area contributed by atoms with E-state index < -0.39 is 30.2 Å². The standard InChI is InChI=1S/C16H27NO6/c1-10(2)15(20)22-11(3)23-16(21)17-9-13(14(18)19)12-7-5-4-6-8-12/h10-13H,4-9H2,1-3H3,(H,17,21)(H,18,19). The van der Waals surface area contributed by atoms with Crippen LogP contribution in [-0.4, -0.2) is 36.0 Å². The van der Waals surface area contributed by atoms with Crippen LogP contribution in [0.5, 0.6) is 0 Å². The van der Waals surface area contributed by atoms with Crippen molar-refractivity contribution in [2.45, 2.75) is 59.2 Å². The van der Waals surface area contributed by atoms with E-state index in [0.717, 1.165) is 32.1 Å². The number of aliphatic carboxylic acids is 1. The Bertz CT molecular complexity index is 417. The Morgan fingerprint density at radius 2 is 1.70 bits per heavy atom. The fraction of sp³-hybridized carbons (Fsp3) is 0.812. The van der Waals surface area contributed by atoms with Crippen molar-refractivity contribution in [2.75, 3.05) is 6.54 Å². The molecule has 2 unspecified atom stereocenters. The van der Waals surface area contributed by atoms with E-state index >= 15 is 0 Å². The van der Waals surface area contributed by atoms with Gasteiger partial charge in [-0.1, -0.05) is 33.1 Å². The number of carbonyl (C=O) groups excluding carboxylic acids is 2. The van der Waals surface area contributed by atoms with Gasteiger partial charge in [0, 0.05) is 13.5 Å². The van der Waals surface area contributed by atoms with E-state index in [0.29, 0.717) is 0 Å². The number of esters is 1. The molecule has 2 atom stereocenters. The fourth-order valence-electron chi connectivity index (χ4n) is 2.70. The molecule has 0 heterocycles. The minimum absolute atomic E-state index is 0.0175. The van der Waals surface area contributed by atoms with E-state index in [1.165, 1.54) is 6.92 Å². The van der Waals surface area contributed by atoms with Crippen molar-refractivity contribution in [3.63, 3.8) is 0 Å². The quantitative estimate of drug-likeness (QED) is 0.550. The van der Waals surface area contributed by atoms with E-state index in [2.05, 4.69) is 5.32 Å². The predicted molar refractivity (Wildman–Crippen MR) is 82.6 cm³/mol. The molecule has 1 aliphatic rings. The van der Waals surface area contributed by atoms with E-state index in [-0.39, 0.29) is 18.4 Å². The molecule has 1 fully saturated rings. The van der Waals surface area contributed by atoms with Gasteiger partial charge >= 0.3 is 18.0 Å². The number of rotatable bonds is 7. The summed E-state index contributed by atoms with van der Waals surface area (Å²) in [4.78, 5) is 34.5. The average Bonchev–Trinajstić information content (AvgIpc) is 2.47. The Morgan fingerprint density at radius 1 is 1.09 bits per heavy atom. The van der Waals surface area contributed by atoms with Crippen LogP contribution in [0.1, 0.15) is 52.9 Å². The van der Waals surface area contributed by atoms with E-state index in [1.54, 1.807) is 13.8 Å². The lowest BCUT2D eigenvalue weighted by Crippen LogP contribution is -2.39. The van der Waals surface area contributed by atoms with Crippen molar-refractivity contribution in [1.29, 1.82) is 0 Å². The van der Waals surface area contributed by atoms with Crippen LogP contribution in [0.2, 0.25) is 0 Å². The maximum atomic E-state index is 11.7. The molecule has 1 aliphatic carbocycles. The molecule has 0 aliphatic heterocycles. The lowest BCUT2D eigenvalue weighted by molar-refractivity contribution is -0.168. The van der Waals surface area contributed by atoms with Crippen LogP contribution in [0.15, 0.2) is 0 Å². The first-order valence-electron chi connectivity index (χ1n) is 8.19. The zero-order chi connectivity index (χ0) is 17.4. The highest BCUT2D eigenvalue weighted by Gasteiger charge is 2.30. The number of carboxylic acid groups (broad SMARTS) is 1. The van der Waals surface area contributed by atoms with Gasteiger partial charge in [0.2, 0.25) is 6.29 Å². The normalized spacial score (nSPS) is 18.1. The van der Waals surface area contributed by atoms with Crippen molar-refractivity contribution >= 4 is 18.0 Å². The van der Waals surface area contributed by atoms with Crippen LogP contribution in [0.3, 0.4) is 0 Å². The highest BCUT2D eigenvalue weighted by Crippen LogP contribution is 2.30. The summed E-state index contributed by atoms with van der Waals surface area (Å²) in [5.41, 5.74) is 0. The molecule has 0 saturated heterocycles. The number of hydrogen-bond donors (Lipinski definition) is 2. The summed E-state index contributed by atoms with van der Waals surface area (Å²) in [6.45, 7) is 4.81. The minimum Gasteiger partial charge on any atom is -0.481 e. The number of amides is 1. The van der Waals surface area contributed by atoms with Gasteiger partial charge in [-0.3, -0.25) is 9.59 Å². The molecule has 0 bridgehead atoms. The second-order valence-electron chi connectivity index (χ2n) is 6.29. The van der Waals surface area contributed by atoms with Gasteiger partial charge in [0.15, 0.2) is 0 Å². The number of alkyl carbamates (subject to hydrolysis) is 1. The highest BCUT2D eigenvalue weighted by molar-refractivity contribution is 5.73. The number of hydrogen-bond acceptors (Lipinski definition) is 5. The van der Waals surface area contributed by atoms with E-state index in [4.69, 9.17) is 9.47 Å². The van der Waals surface area contributed by atoms with Gasteiger partial charge < -0.3 is 19.9 Å². The zero-order valence-corrected chi connectivity index (χ0v) is 14.0. The molecule has 7 nitrogen and oxygen atoms in total. The fourth-order valence-corrected chi connectivity index (χ4v) is 2.70. The Morgan fingerprint density at radius 3 is 2.22 bits per heavy atom. The van der Waals surface area contributed by atoms with Crippen LogP contribution in [0.25, 0.3) is 0 Å². The van der Waals surface area contributed by atoms with Gasteiger partial charge in [-0.15, -0.1) is 0 Å². The lowest BCUT2D eigenvalue weighted by Gasteiger charge is -2.27. The van der Waals surface area contributed by atoms with E-state index in [1.807, 2.05) is 0 Å². The van der Waals surface area contributed by atoms with Crippen molar-refractivity contribution in [1.82, 2.24) is 5.32 Å². The monoisotopic (exact) mass is 329 g/mol. The molecule has 132 valence electrons. The van der Waals surface area contributed by atoms with Crippen LogP contribution in [-0.2, 0) is 19.1 Å². The van der Waals surface area contributed by atoms with Crippen LogP contribution >= 0.6 is 0 Å². The predicted octanol–water partition coefficient (Wildman–Crippen LogP) is 2.54. The average molecular weight is 329 g/mol. The summed E-state index contributed by atoms with van der Waals surface area (Å²) < 4.78 is 9.82. The summed E-state index contributed by atoms with van der Waals surface area (Å²) in [6, 6.07) is 0. The van der Waals surface area contributed by atoms with Crippen LogP contribution in [0, 0.1) is 17.8 Å². The van der Waals surface area contributed by atoms with Crippen LogP contribution < -0.4 is 5.32 Å². The van der Waals surface area contributed by atoms with Crippen molar-refractivity contribution in [2.24, 2.45) is 17.8 Å². The second kappa shape index (κ2) is 9.37. The summed E-state index contributed by atoms with van der Waals surface area (Å²) in [7, 11) is 0. The molecule has 1 saturated carbocycles. The molecule has 0 aromatic rings. The smallest absolute Gasteiger partial charge is 0.410 e. The molecule has 1 rings (SSSR count). The summed E-state index contributed by atoms with van der Waals surface area (Å²) in [6.07, 6.45) is 3.14. The molecule has 0 aromatic carbocycles. The van der Waals surface area contributed by atoms with E-state index in [9.17, 15) is 19.5 Å². The topological polar surface area (TPSA) is 102 Å². The third-order valence-electron chi connectivity index (χ3n) is 4.03. The van der Waals surface area contributed by atoms with Gasteiger partial charge in [-0.25, -0.2) is 4.79 Å². The molecule has 1 amide bonds. The number of ether oxygens (including phenoxy) is 2. The first-order valence-corrected chi connectivity index (χ1v) is 8.19. The molecular weight excluding hydrogens is 302 g/mol. The molecule has 0 spiro atoms. The first kappa shape index (κ1) is 19.3. The maximum Gasteiger partial charge on any atom is 0.410 e. The highest BCUT2D eigenvalue weighted by atomic mass is 16.7. The molecular formula is C16H27NO6. The third-order valence-corrected chi connectivity index (χ3v) is 4.03. The second-order valence-corrected chi connectivity index (χ2v) is 6.29. The molecule has 0 aromatic heterocycles. The molecule has 23 heavy (non-hydrogen) atoms. The Hall–Kier alpha value is -1.79. The number of nitrogens with one attached hydrogen (secondary N) is 1. The van der Waals surface area contributed by atoms with Gasteiger partial charge in [0.05, 0.1) is 11.8 Å². The van der Waals surface area contributed by atoms with Gasteiger partial charge in [0.25, 0.3) is 0 Å². The van der Waals surface area contributed by atoms with Gasteiger partial charge in [0.1, 0.15) is 0 Å². The Kier molecular flexibility index (Phi) is 7.85. The summed E-state index contributed by atoms with van der Waals surface area (Å²) in [5.74, 6) is -2.21. The number of carboxylic acids is 1. The van der Waals surface area contributed by atoms with Crippen molar-refractivity contribution < 1.29 is 29.0 Å². The van der Waals surface area contributed by atoms with Crippen LogP contribution in [0.4, 0.5) is 4.79 Å².